The predicted octanol–water partition coefficient (Wildman–Crippen LogP) is -1.35. The van der Waals surface area contributed by atoms with Crippen molar-refractivity contribution in [1.82, 2.24) is 19.1 Å². The Kier molecular flexibility index (Phi) is 4.05. The van der Waals surface area contributed by atoms with Gasteiger partial charge in [0.15, 0.2) is 6.29 Å². The zero-order valence-corrected chi connectivity index (χ0v) is 14.0. The molecule has 24 heavy (non-hydrogen) atoms. The monoisotopic (exact) mass is 374 g/mol. The maximum Gasteiger partial charge on any atom is 0.228 e. The summed E-state index contributed by atoms with van der Waals surface area (Å²) in [6, 6.07) is 0. The second-order valence-electron chi connectivity index (χ2n) is 5.26. The van der Waals surface area contributed by atoms with Crippen LogP contribution in [0.2, 0.25) is 0 Å². The third kappa shape index (κ3) is 2.87. The molecule has 130 valence electrons. The number of nitrogens with zero attached hydrogens (tertiary/aromatic N) is 4. The minimum Gasteiger partial charge on any atom is -0.390 e. The van der Waals surface area contributed by atoms with Gasteiger partial charge in [-0.05, 0) is 0 Å². The van der Waals surface area contributed by atoms with E-state index in [1.807, 2.05) is 0 Å². The number of aryl methyl sites for hydroxylation is 2. The number of carbonyl (C=O) groups excluding carboxylic acids is 1. The van der Waals surface area contributed by atoms with Gasteiger partial charge in [0.2, 0.25) is 30.0 Å². The van der Waals surface area contributed by atoms with Gasteiger partial charge in [0.05, 0.1) is 23.8 Å². The Hall–Kier alpha value is -2.05. The molecule has 1 N–H and O–H groups in total. The number of carbonyl (C=O) groups is 1. The van der Waals surface area contributed by atoms with Crippen LogP contribution in [0.1, 0.15) is 16.2 Å². The molecule has 0 fully saturated rings. The topological polar surface area (TPSA) is 141 Å². The SMILES string of the molecule is O=Cc1cn2c(n1)S(=O)(=O)CC2.O=S1(=O)CCn2cc(CO)nc21. The third-order valence-corrected chi connectivity index (χ3v) is 6.79. The standard InChI is InChI=1S/C6H8N2O3S.C6H6N2O3S/c2*9-4-5-3-8-1-2-12(10,11)6(8)7-5/h3,9H,1-2,4H2;3-4H,1-2H2. The number of aliphatic hydroxyl groups excluding tert-OH is 1. The van der Waals surface area contributed by atoms with Crippen LogP contribution < -0.4 is 0 Å². The highest BCUT2D eigenvalue weighted by Crippen LogP contribution is 2.19. The highest BCUT2D eigenvalue weighted by atomic mass is 32.2. The minimum absolute atomic E-state index is 0.0181. The van der Waals surface area contributed by atoms with Crippen LogP contribution in [0.3, 0.4) is 0 Å². The zero-order valence-electron chi connectivity index (χ0n) is 12.4. The summed E-state index contributed by atoms with van der Waals surface area (Å²) in [5, 5.41) is 8.80. The van der Waals surface area contributed by atoms with Crippen molar-refractivity contribution >= 4 is 26.0 Å². The molecule has 4 heterocycles. The van der Waals surface area contributed by atoms with Gasteiger partial charge in [-0.1, -0.05) is 0 Å². The van der Waals surface area contributed by atoms with Crippen molar-refractivity contribution < 1.29 is 26.7 Å². The molecule has 0 atom stereocenters. The van der Waals surface area contributed by atoms with Crippen LogP contribution in [0.4, 0.5) is 0 Å². The molecule has 0 aromatic carbocycles. The number of fused-ring (bicyclic) bond motifs is 2. The summed E-state index contributed by atoms with van der Waals surface area (Å²) in [5.74, 6) is 0.218. The molecule has 2 aromatic heterocycles. The first-order chi connectivity index (χ1) is 11.3. The number of hydrogen-bond donors (Lipinski definition) is 1. The van der Waals surface area contributed by atoms with Gasteiger partial charge in [0.1, 0.15) is 5.69 Å². The Bertz CT molecular complexity index is 1000. The van der Waals surface area contributed by atoms with Crippen LogP contribution in [0.15, 0.2) is 22.7 Å². The molecule has 0 radical (unpaired) electrons. The number of aromatic nitrogens is 4. The molecule has 0 saturated carbocycles. The summed E-state index contributed by atoms with van der Waals surface area (Å²) in [5.41, 5.74) is 0.585. The van der Waals surface area contributed by atoms with E-state index < -0.39 is 19.7 Å². The van der Waals surface area contributed by atoms with Crippen LogP contribution in [0, 0.1) is 0 Å². The van der Waals surface area contributed by atoms with Gasteiger partial charge < -0.3 is 14.2 Å². The molecule has 4 rings (SSSR count). The van der Waals surface area contributed by atoms with Crippen LogP contribution in [-0.2, 0) is 39.4 Å². The van der Waals surface area contributed by atoms with E-state index in [1.54, 1.807) is 10.8 Å². The average molecular weight is 374 g/mol. The molecule has 0 bridgehead atoms. The largest absolute Gasteiger partial charge is 0.390 e. The zero-order chi connectivity index (χ0) is 17.5. The molecular weight excluding hydrogens is 360 g/mol. The van der Waals surface area contributed by atoms with E-state index in [1.165, 1.54) is 10.8 Å². The molecule has 0 aliphatic carbocycles. The molecule has 0 unspecified atom stereocenters. The average Bonchev–Trinajstić information content (AvgIpc) is 3.25. The van der Waals surface area contributed by atoms with Crippen molar-refractivity contribution in [2.45, 2.75) is 30.0 Å². The summed E-state index contributed by atoms with van der Waals surface area (Å²) in [4.78, 5) is 17.7. The highest BCUT2D eigenvalue weighted by molar-refractivity contribution is 7.91. The molecule has 0 spiro atoms. The number of hydrogen-bond acceptors (Lipinski definition) is 8. The molecule has 0 saturated heterocycles. The molecule has 12 heteroatoms. The highest BCUT2D eigenvalue weighted by Gasteiger charge is 2.29. The van der Waals surface area contributed by atoms with E-state index >= 15 is 0 Å². The summed E-state index contributed by atoms with van der Waals surface area (Å²) < 4.78 is 47.8. The number of sulfone groups is 2. The van der Waals surface area contributed by atoms with E-state index in [0.717, 1.165) is 0 Å². The third-order valence-electron chi connectivity index (χ3n) is 3.59. The number of aldehydes is 1. The fourth-order valence-corrected chi connectivity index (χ4v) is 5.18. The van der Waals surface area contributed by atoms with E-state index in [-0.39, 0.29) is 34.1 Å². The Labute approximate surface area is 137 Å². The molecule has 2 aliphatic rings. The second-order valence-corrected chi connectivity index (χ2v) is 9.27. The van der Waals surface area contributed by atoms with Crippen molar-refractivity contribution in [3.05, 3.63) is 23.8 Å². The quantitative estimate of drug-likeness (QED) is 0.636. The van der Waals surface area contributed by atoms with E-state index in [2.05, 4.69) is 9.97 Å². The van der Waals surface area contributed by atoms with Crippen LogP contribution in [0.5, 0.6) is 0 Å². The van der Waals surface area contributed by atoms with E-state index in [9.17, 15) is 21.6 Å². The summed E-state index contributed by atoms with van der Waals surface area (Å²) in [7, 11) is -6.36. The van der Waals surface area contributed by atoms with Crippen molar-refractivity contribution in [1.29, 1.82) is 0 Å². The van der Waals surface area contributed by atoms with Crippen LogP contribution in [0.25, 0.3) is 0 Å². The number of imidazole rings is 2. The minimum atomic E-state index is -3.20. The Balaban J connectivity index is 0.000000141. The molecule has 2 aliphatic heterocycles. The lowest BCUT2D eigenvalue weighted by Gasteiger charge is -1.87. The lowest BCUT2D eigenvalue weighted by Crippen LogP contribution is -2.01. The lowest BCUT2D eigenvalue weighted by atomic mass is 10.5. The van der Waals surface area contributed by atoms with Crippen LogP contribution in [-0.4, -0.2) is 58.8 Å². The second kappa shape index (κ2) is 5.79. The summed E-state index contributed by atoms with van der Waals surface area (Å²) >= 11 is 0. The predicted molar refractivity (Wildman–Crippen MR) is 79.9 cm³/mol. The molecule has 0 amide bonds. The molecule has 10 nitrogen and oxygen atoms in total. The van der Waals surface area contributed by atoms with Crippen LogP contribution >= 0.6 is 0 Å². The van der Waals surface area contributed by atoms with Gasteiger partial charge in [0.25, 0.3) is 0 Å². The number of rotatable bonds is 2. The first-order valence-corrected chi connectivity index (χ1v) is 10.2. The molecular formula is C12H14N4O6S2. The van der Waals surface area contributed by atoms with E-state index in [0.29, 0.717) is 25.1 Å². The van der Waals surface area contributed by atoms with Crippen molar-refractivity contribution in [2.75, 3.05) is 11.5 Å². The maximum atomic E-state index is 11.2. The first-order valence-electron chi connectivity index (χ1n) is 6.91. The van der Waals surface area contributed by atoms with Gasteiger partial charge in [-0.2, -0.15) is 0 Å². The van der Waals surface area contributed by atoms with Crippen molar-refractivity contribution in [3.8, 4) is 0 Å². The molecule has 2 aromatic rings. The van der Waals surface area contributed by atoms with E-state index in [4.69, 9.17) is 5.11 Å². The Morgan fingerprint density at radius 1 is 1.00 bits per heavy atom. The van der Waals surface area contributed by atoms with Gasteiger partial charge in [0, 0.05) is 25.5 Å². The fraction of sp³-hybridized carbons (Fsp3) is 0.417. The van der Waals surface area contributed by atoms with Crippen molar-refractivity contribution in [3.63, 3.8) is 0 Å². The smallest absolute Gasteiger partial charge is 0.228 e. The Morgan fingerprint density at radius 2 is 1.54 bits per heavy atom. The normalized spacial score (nSPS) is 19.2. The van der Waals surface area contributed by atoms with Crippen molar-refractivity contribution in [2.24, 2.45) is 0 Å². The summed E-state index contributed by atoms with van der Waals surface area (Å²) in [6.45, 7) is 0.638. The summed E-state index contributed by atoms with van der Waals surface area (Å²) in [6.07, 6.45) is 3.56. The Morgan fingerprint density at radius 3 is 2.00 bits per heavy atom. The van der Waals surface area contributed by atoms with Gasteiger partial charge in [-0.25, -0.2) is 26.8 Å². The fourth-order valence-electron chi connectivity index (χ4n) is 2.44. The van der Waals surface area contributed by atoms with Gasteiger partial charge in [-0.15, -0.1) is 0 Å². The lowest BCUT2D eigenvalue weighted by molar-refractivity contribution is 0.111. The van der Waals surface area contributed by atoms with Gasteiger partial charge in [-0.3, -0.25) is 4.79 Å². The first kappa shape index (κ1) is 16.8. The van der Waals surface area contributed by atoms with Gasteiger partial charge >= 0.3 is 0 Å². The maximum absolute atomic E-state index is 11.2. The number of aliphatic hydroxyl groups is 1.